The van der Waals surface area contributed by atoms with Gasteiger partial charge in [-0.05, 0) is 138 Å². The van der Waals surface area contributed by atoms with Crippen molar-refractivity contribution in [1.82, 2.24) is 0 Å². The molecule has 6 aromatic rings. The summed E-state index contributed by atoms with van der Waals surface area (Å²) >= 11 is 0. The van der Waals surface area contributed by atoms with Crippen LogP contribution in [0.3, 0.4) is 0 Å². The van der Waals surface area contributed by atoms with Crippen molar-refractivity contribution in [2.45, 2.75) is 225 Å². The number of hydrogen-bond donors (Lipinski definition) is 0. The van der Waals surface area contributed by atoms with E-state index in [1.807, 2.05) is 24.3 Å². The molecule has 0 amide bonds. The molecule has 0 bridgehead atoms. The molecule has 0 radical (unpaired) electrons. The summed E-state index contributed by atoms with van der Waals surface area (Å²) in [5.41, 5.74) is 17.1. The minimum atomic E-state index is -0.335. The fourth-order valence-electron chi connectivity index (χ4n) is 13.8. The Hall–Kier alpha value is -6.28. The molecule has 0 atom stereocenters. The van der Waals surface area contributed by atoms with Crippen LogP contribution in [0.4, 0.5) is 39.8 Å². The number of non-ortho nitro benzene ring substituents is 2. The van der Waals surface area contributed by atoms with Crippen LogP contribution in [0.2, 0.25) is 0 Å². The molecular weight excluding hydrogens is 985 g/mol. The maximum atomic E-state index is 12.2. The molecule has 2 aliphatic rings. The second-order valence-electron chi connectivity index (χ2n) is 23.9. The standard InChI is InChI=1S/C72H94N4O4/c1-7-11-15-19-23-27-47-71(48-28-24-20-16-12-8-2)67-51-55(5)31-43-63(67)65-45-41-61(53-69(65)71)74(57-34-38-59(39-35-57)76(79)80)62-42-46-66-64-44-40-60(73(6)56-32-36-58(37-33-56)75(77)78)52-68(64)72(70(66)54-62,49-29-25-21-17-13-9-3)50-30-26-22-18-14-10-4/h31-46,51-54H,7-30,47-50H2,1-6H3. The van der Waals surface area contributed by atoms with Crippen LogP contribution in [0.25, 0.3) is 22.3 Å². The van der Waals surface area contributed by atoms with E-state index in [0.717, 1.165) is 67.0 Å². The Balaban J connectivity index is 1.28. The van der Waals surface area contributed by atoms with Crippen molar-refractivity contribution in [3.05, 3.63) is 169 Å². The van der Waals surface area contributed by atoms with E-state index < -0.39 is 0 Å². The summed E-state index contributed by atoms with van der Waals surface area (Å²) in [7, 11) is 2.07. The fourth-order valence-corrected chi connectivity index (χ4v) is 13.8. The molecule has 80 heavy (non-hydrogen) atoms. The predicted octanol–water partition coefficient (Wildman–Crippen LogP) is 22.6. The zero-order valence-electron chi connectivity index (χ0n) is 49.8. The molecule has 2 aliphatic carbocycles. The molecule has 0 spiro atoms. The number of rotatable bonds is 35. The van der Waals surface area contributed by atoms with Crippen molar-refractivity contribution in [3.8, 4) is 22.3 Å². The molecule has 426 valence electrons. The molecule has 6 aromatic carbocycles. The largest absolute Gasteiger partial charge is 0.345 e. The molecule has 0 heterocycles. The number of aryl methyl sites for hydroxylation is 1. The zero-order chi connectivity index (χ0) is 56.5. The van der Waals surface area contributed by atoms with Gasteiger partial charge in [0, 0.05) is 70.6 Å². The summed E-state index contributed by atoms with van der Waals surface area (Å²) in [5.74, 6) is 0. The highest BCUT2D eigenvalue weighted by atomic mass is 16.6. The SMILES string of the molecule is CCCCCCCCC1(CCCCCCCC)c2cc(C)ccc2-c2ccc(N(c3ccc([N+](=O)[O-])cc3)c3ccc4c(c3)C(CCCCCCCC)(CCCCCCCC)c3cc(N(C)c5ccc([N+](=O)[O-])cc5)ccc3-4)cc21. The number of hydrogen-bond acceptors (Lipinski definition) is 6. The van der Waals surface area contributed by atoms with Crippen molar-refractivity contribution in [1.29, 1.82) is 0 Å². The average Bonchev–Trinajstić information content (AvgIpc) is 4.14. The lowest BCUT2D eigenvalue weighted by Crippen LogP contribution is -2.27. The molecule has 0 aromatic heterocycles. The van der Waals surface area contributed by atoms with Gasteiger partial charge < -0.3 is 9.80 Å². The Labute approximate surface area is 481 Å². The summed E-state index contributed by atoms with van der Waals surface area (Å²) in [5, 5.41) is 23.9. The van der Waals surface area contributed by atoms with Gasteiger partial charge in [0.2, 0.25) is 0 Å². The first-order valence-electron chi connectivity index (χ1n) is 31.6. The third-order valence-electron chi connectivity index (χ3n) is 18.3. The van der Waals surface area contributed by atoms with Crippen LogP contribution in [0.15, 0.2) is 121 Å². The van der Waals surface area contributed by atoms with Crippen LogP contribution >= 0.6 is 0 Å². The Morgan fingerprint density at radius 1 is 0.350 bits per heavy atom. The number of unbranched alkanes of at least 4 members (excludes halogenated alkanes) is 20. The number of nitrogens with zero attached hydrogens (tertiary/aromatic N) is 4. The first kappa shape index (κ1) is 59.8. The van der Waals surface area contributed by atoms with Gasteiger partial charge in [-0.15, -0.1) is 0 Å². The number of nitro benzene ring substituents is 2. The highest BCUT2D eigenvalue weighted by molar-refractivity contribution is 5.89. The Morgan fingerprint density at radius 2 is 0.637 bits per heavy atom. The number of benzene rings is 6. The van der Waals surface area contributed by atoms with Gasteiger partial charge in [0.1, 0.15) is 0 Å². The van der Waals surface area contributed by atoms with Crippen molar-refractivity contribution in [2.24, 2.45) is 0 Å². The van der Waals surface area contributed by atoms with Crippen molar-refractivity contribution >= 4 is 39.8 Å². The summed E-state index contributed by atoms with van der Waals surface area (Å²) in [4.78, 5) is 27.9. The van der Waals surface area contributed by atoms with E-state index in [1.54, 1.807) is 24.3 Å². The van der Waals surface area contributed by atoms with E-state index in [0.29, 0.717) is 0 Å². The molecule has 0 fully saturated rings. The molecule has 8 rings (SSSR count). The summed E-state index contributed by atoms with van der Waals surface area (Å²) in [6.07, 6.45) is 34.0. The second kappa shape index (κ2) is 28.9. The van der Waals surface area contributed by atoms with Gasteiger partial charge in [-0.25, -0.2) is 0 Å². The van der Waals surface area contributed by atoms with Crippen LogP contribution in [-0.2, 0) is 10.8 Å². The minimum absolute atomic E-state index is 0.0844. The van der Waals surface area contributed by atoms with Crippen LogP contribution in [0.5, 0.6) is 0 Å². The maximum Gasteiger partial charge on any atom is 0.269 e. The van der Waals surface area contributed by atoms with Gasteiger partial charge in [-0.3, -0.25) is 20.2 Å². The quantitative estimate of drug-likeness (QED) is 0.0224. The predicted molar refractivity (Wildman–Crippen MR) is 338 cm³/mol. The average molecular weight is 1080 g/mol. The monoisotopic (exact) mass is 1080 g/mol. The van der Waals surface area contributed by atoms with E-state index >= 15 is 0 Å². The topological polar surface area (TPSA) is 92.8 Å². The number of nitro groups is 2. The van der Waals surface area contributed by atoms with Gasteiger partial charge >= 0.3 is 0 Å². The second-order valence-corrected chi connectivity index (χ2v) is 23.9. The van der Waals surface area contributed by atoms with Crippen LogP contribution in [0.1, 0.15) is 235 Å². The van der Waals surface area contributed by atoms with Crippen LogP contribution in [-0.4, -0.2) is 16.9 Å². The summed E-state index contributed by atoms with van der Waals surface area (Å²) in [6.45, 7) is 11.4. The third-order valence-corrected chi connectivity index (χ3v) is 18.3. The third kappa shape index (κ3) is 13.7. The number of anilines is 5. The van der Waals surface area contributed by atoms with E-state index in [2.05, 4.69) is 124 Å². The minimum Gasteiger partial charge on any atom is -0.345 e. The molecule has 0 saturated carbocycles. The molecule has 8 nitrogen and oxygen atoms in total. The van der Waals surface area contributed by atoms with Crippen LogP contribution in [0, 0.1) is 27.2 Å². The van der Waals surface area contributed by atoms with E-state index in [-0.39, 0.29) is 32.1 Å². The lowest BCUT2D eigenvalue weighted by molar-refractivity contribution is -0.385. The molecule has 8 heteroatoms. The van der Waals surface area contributed by atoms with E-state index in [9.17, 15) is 20.2 Å². The Kier molecular flexibility index (Phi) is 21.6. The maximum absolute atomic E-state index is 12.2. The van der Waals surface area contributed by atoms with E-state index in [4.69, 9.17) is 0 Å². The molecule has 0 unspecified atom stereocenters. The van der Waals surface area contributed by atoms with Gasteiger partial charge in [-0.1, -0.05) is 224 Å². The molecule has 0 N–H and O–H groups in total. The van der Waals surface area contributed by atoms with E-state index in [1.165, 1.54) is 191 Å². The lowest BCUT2D eigenvalue weighted by atomic mass is 9.70. The Bertz CT molecular complexity index is 2930. The van der Waals surface area contributed by atoms with Crippen molar-refractivity contribution in [2.75, 3.05) is 16.8 Å². The first-order valence-corrected chi connectivity index (χ1v) is 31.6. The Morgan fingerprint density at radius 3 is 1.00 bits per heavy atom. The van der Waals surface area contributed by atoms with Crippen molar-refractivity contribution < 1.29 is 9.85 Å². The van der Waals surface area contributed by atoms with Crippen LogP contribution < -0.4 is 9.80 Å². The normalized spacial score (nSPS) is 13.4. The lowest BCUT2D eigenvalue weighted by Gasteiger charge is -2.35. The molecule has 0 aliphatic heterocycles. The summed E-state index contributed by atoms with van der Waals surface area (Å²) in [6, 6.07) is 42.8. The highest BCUT2D eigenvalue weighted by Gasteiger charge is 2.45. The smallest absolute Gasteiger partial charge is 0.269 e. The van der Waals surface area contributed by atoms with Gasteiger partial charge in [0.15, 0.2) is 0 Å². The molecular formula is C72H94N4O4. The van der Waals surface area contributed by atoms with Gasteiger partial charge in [0.05, 0.1) is 9.85 Å². The first-order chi connectivity index (χ1) is 39.0. The molecule has 0 saturated heterocycles. The van der Waals surface area contributed by atoms with Gasteiger partial charge in [0.25, 0.3) is 11.4 Å². The fraction of sp³-hybridized carbons (Fsp3) is 0.500. The summed E-state index contributed by atoms with van der Waals surface area (Å²) < 4.78 is 0. The number of fused-ring (bicyclic) bond motifs is 6. The highest BCUT2D eigenvalue weighted by Crippen LogP contribution is 2.59. The zero-order valence-corrected chi connectivity index (χ0v) is 49.8. The van der Waals surface area contributed by atoms with Crippen molar-refractivity contribution in [3.63, 3.8) is 0 Å². The van der Waals surface area contributed by atoms with Gasteiger partial charge in [-0.2, -0.15) is 0 Å².